The van der Waals surface area contributed by atoms with Crippen LogP contribution in [0.5, 0.6) is 11.5 Å². The smallest absolute Gasteiger partial charge is 0.268 e. The largest absolute Gasteiger partial charge is 0.510 e. The van der Waals surface area contributed by atoms with E-state index in [0.29, 0.717) is 28.0 Å². The van der Waals surface area contributed by atoms with E-state index < -0.39 is 86.4 Å². The Kier molecular flexibility index (Phi) is 7.09. The van der Waals surface area contributed by atoms with Crippen molar-refractivity contribution in [2.75, 3.05) is 0 Å². The predicted molar refractivity (Wildman–Crippen MR) is 291 cm³/mol. The van der Waals surface area contributed by atoms with Gasteiger partial charge in [-0.1, -0.05) is 189 Å². The van der Waals surface area contributed by atoms with Gasteiger partial charge in [-0.25, -0.2) is 4.98 Å². The molecule has 4 heterocycles. The van der Waals surface area contributed by atoms with Crippen molar-refractivity contribution in [3.63, 3.8) is 0 Å². The molecule has 8 aromatic carbocycles. The number of aromatic nitrogens is 4. The molecule has 0 aliphatic carbocycles. The van der Waals surface area contributed by atoms with Gasteiger partial charge in [0.15, 0.2) is 0 Å². The number of fused-ring (bicyclic) bond motifs is 10. The van der Waals surface area contributed by atoms with Gasteiger partial charge in [0.25, 0.3) is 6.33 Å². The number of para-hydroxylation sites is 1. The summed E-state index contributed by atoms with van der Waals surface area (Å²) in [5, 5.41) is 1.78. The second-order valence-corrected chi connectivity index (χ2v) is 18.9. The summed E-state index contributed by atoms with van der Waals surface area (Å²) >= 11 is 0. The van der Waals surface area contributed by atoms with E-state index in [0.717, 1.165) is 37.5 Å². The Hall–Kier alpha value is -7.33. The zero-order valence-corrected chi connectivity index (χ0v) is 41.4. The van der Waals surface area contributed by atoms with Gasteiger partial charge in [0, 0.05) is 69.0 Å². The average Bonchev–Trinajstić information content (AvgIpc) is 0.849. The Balaban J connectivity index is 0.00000867. The van der Waals surface area contributed by atoms with E-state index in [-0.39, 0.29) is 65.8 Å². The predicted octanol–water partition coefficient (Wildman–Crippen LogP) is 16.5. The fraction of sp³-hybridized carbons (Fsp3) is 0.182. The van der Waals surface area contributed by atoms with Crippen molar-refractivity contribution in [1.29, 1.82) is 0 Å². The summed E-state index contributed by atoms with van der Waals surface area (Å²) in [6.45, 7) is -19.1. The number of nitrogens with zero attached hydrogens (tertiary/aromatic N) is 4. The number of rotatable bonds is 5. The van der Waals surface area contributed by atoms with Crippen LogP contribution in [-0.2, 0) is 37.3 Å². The molecule has 5 nitrogen and oxygen atoms in total. The van der Waals surface area contributed by atoms with Crippen molar-refractivity contribution >= 4 is 32.8 Å². The first-order valence-corrected chi connectivity index (χ1v) is 23.1. The van der Waals surface area contributed by atoms with Gasteiger partial charge in [-0.15, -0.1) is 29.7 Å². The third-order valence-corrected chi connectivity index (χ3v) is 13.1. The molecule has 0 amide bonds. The summed E-state index contributed by atoms with van der Waals surface area (Å²) in [7, 11) is 0. The topological polar surface area (TPSA) is 35.9 Å². The van der Waals surface area contributed by atoms with Gasteiger partial charge in [0.2, 0.25) is 0 Å². The molecule has 0 saturated heterocycles. The molecule has 358 valence electrons. The maximum atomic E-state index is 10.3. The van der Waals surface area contributed by atoms with Crippen LogP contribution in [0, 0.1) is 18.5 Å². The standard InChI is InChI=1S/C66H56N4O.Pt/c1-64(2,3)44-33-34-67-61(38-44)70-58-32-29-43(42-19-11-10-12-20-42)35-55(58)53-31-30-48(40-60(53)70)71-47-22-17-21-46(39-47)68-41-69-62-56(36-45(65(4,5)6)37-57(62)66(7,8)9)52-26-16-14-24-50(52)49-23-13-15-25-51(49)54-27-18-28-59(68)63(54)69;/h10-38H,1-9H3;/q-2;/i4D3,5D3,6D3,7D3,8D3,9D3,36D,37D;. The van der Waals surface area contributed by atoms with E-state index in [1.54, 1.807) is 85.1 Å². The summed E-state index contributed by atoms with van der Waals surface area (Å²) in [5.41, 5.74) is -7.27. The molecule has 72 heavy (non-hydrogen) atoms. The van der Waals surface area contributed by atoms with E-state index in [4.69, 9.17) is 22.1 Å². The zero-order chi connectivity index (χ0) is 65.7. The van der Waals surface area contributed by atoms with Crippen LogP contribution in [0.4, 0.5) is 0 Å². The van der Waals surface area contributed by atoms with Gasteiger partial charge in [-0.05, 0) is 107 Å². The van der Waals surface area contributed by atoms with Gasteiger partial charge < -0.3 is 13.9 Å². The fourth-order valence-corrected chi connectivity index (χ4v) is 9.79. The van der Waals surface area contributed by atoms with Crippen LogP contribution in [-0.4, -0.2) is 14.1 Å². The summed E-state index contributed by atoms with van der Waals surface area (Å²) in [6.07, 6.45) is 4.97. The normalized spacial score (nSPS) is 17.5. The van der Waals surface area contributed by atoms with E-state index >= 15 is 0 Å². The molecule has 0 saturated carbocycles. The van der Waals surface area contributed by atoms with Gasteiger partial charge >= 0.3 is 0 Å². The van der Waals surface area contributed by atoms with Crippen molar-refractivity contribution in [2.24, 2.45) is 0 Å². The Morgan fingerprint density at radius 3 is 1.94 bits per heavy atom. The van der Waals surface area contributed by atoms with Crippen LogP contribution in [0.3, 0.4) is 0 Å². The SMILES string of the molecule is [2H]c1c2c(c(C(C([2H])([2H])[2H])(C([2H])([2H])[2H])C([2H])([2H])[2H])c([2H])c1C(C([2H])([2H])[2H])(C([2H])([2H])[2H])C([2H])([2H])[2H])-[n+]1[c-]n(-c3[c-]c(Oc4[c-]c5c(cc4)c4cc(-c6ccccc6)ccc4n5-c4cc(C(C)(C)C)ccn4)ccc3)c3cccc(c31)-c1ccccc1-c1ccccc1-2.[Pt]. The number of imidazole rings is 1. The first-order chi connectivity index (χ1) is 42.5. The molecule has 6 heteroatoms. The Labute approximate surface area is 465 Å². The fourth-order valence-electron chi connectivity index (χ4n) is 9.79. The Morgan fingerprint density at radius 1 is 0.556 bits per heavy atom. The molecule has 0 spiro atoms. The number of benzene rings is 8. The van der Waals surface area contributed by atoms with Crippen LogP contribution in [0.25, 0.3) is 94.5 Å². The molecule has 0 unspecified atom stereocenters. The molecule has 12 rings (SSSR count). The van der Waals surface area contributed by atoms with Crippen molar-refractivity contribution < 1.29 is 57.8 Å². The number of hydrogen-bond acceptors (Lipinski definition) is 2. The molecular weight excluding hydrogens is 1060 g/mol. The summed E-state index contributed by atoms with van der Waals surface area (Å²) in [6, 6.07) is 50.6. The van der Waals surface area contributed by atoms with E-state index in [1.165, 1.54) is 16.7 Å². The van der Waals surface area contributed by atoms with Crippen molar-refractivity contribution in [1.82, 2.24) is 14.1 Å². The molecule has 0 fully saturated rings. The third-order valence-electron chi connectivity index (χ3n) is 13.1. The molecule has 11 aromatic rings. The molecule has 1 aliphatic rings. The Morgan fingerprint density at radius 2 is 1.22 bits per heavy atom. The van der Waals surface area contributed by atoms with E-state index in [2.05, 4.69) is 57.4 Å². The quantitative estimate of drug-likeness (QED) is 0.127. The van der Waals surface area contributed by atoms with Crippen LogP contribution in [0.2, 0.25) is 0 Å². The van der Waals surface area contributed by atoms with Gasteiger partial charge in [-0.2, -0.15) is 18.2 Å². The summed E-state index contributed by atoms with van der Waals surface area (Å²) < 4.78 is 194. The first-order valence-electron chi connectivity index (χ1n) is 33.1. The third kappa shape index (κ3) is 7.99. The minimum absolute atomic E-state index is 0. The van der Waals surface area contributed by atoms with Gasteiger partial charge in [0.05, 0.1) is 19.5 Å². The van der Waals surface area contributed by atoms with E-state index in [9.17, 15) is 15.1 Å². The second kappa shape index (κ2) is 17.5. The average molecular weight is 1140 g/mol. The molecular formula is C66H56N4OPt-2. The summed E-state index contributed by atoms with van der Waals surface area (Å²) in [5.74, 6) is 1.03. The van der Waals surface area contributed by atoms with Crippen molar-refractivity contribution in [2.45, 2.75) is 78.1 Å². The van der Waals surface area contributed by atoms with Gasteiger partial charge in [-0.3, -0.25) is 4.57 Å². The van der Waals surface area contributed by atoms with Crippen LogP contribution >= 0.6 is 0 Å². The Bertz CT molecular complexity index is 4670. The molecule has 0 N–H and O–H groups in total. The molecule has 0 bridgehead atoms. The number of hydrogen-bond donors (Lipinski definition) is 0. The molecule has 1 aliphatic heterocycles. The second-order valence-electron chi connectivity index (χ2n) is 18.9. The maximum absolute atomic E-state index is 10.3. The minimum atomic E-state index is -4.31. The molecule has 0 atom stereocenters. The van der Waals surface area contributed by atoms with Gasteiger partial charge in [0.1, 0.15) is 5.82 Å². The molecule has 0 radical (unpaired) electrons. The van der Waals surface area contributed by atoms with Crippen LogP contribution in [0.15, 0.2) is 176 Å². The number of pyridine rings is 1. The number of ether oxygens (including phenoxy) is 1. The van der Waals surface area contributed by atoms with Crippen molar-refractivity contribution in [3.8, 4) is 73.2 Å². The first kappa shape index (κ1) is 29.3. The zero-order valence-electron chi connectivity index (χ0n) is 59.1. The maximum Gasteiger partial charge on any atom is 0.268 e. The molecule has 3 aromatic heterocycles. The monoisotopic (exact) mass is 1140 g/mol. The van der Waals surface area contributed by atoms with Crippen LogP contribution < -0.4 is 9.30 Å². The van der Waals surface area contributed by atoms with Crippen LogP contribution in [0.1, 0.15) is 106 Å². The van der Waals surface area contributed by atoms with Crippen molar-refractivity contribution in [3.05, 3.63) is 211 Å². The summed E-state index contributed by atoms with van der Waals surface area (Å²) in [4.78, 5) is 4.86. The van der Waals surface area contributed by atoms with E-state index in [1.807, 2.05) is 53.1 Å². The minimum Gasteiger partial charge on any atom is -0.510 e.